The maximum absolute atomic E-state index is 13.9. The highest BCUT2D eigenvalue weighted by Crippen LogP contribution is 2.66. The van der Waals surface area contributed by atoms with Crippen LogP contribution in [0.2, 0.25) is 0 Å². The Morgan fingerprint density at radius 2 is 1.62 bits per heavy atom. The van der Waals surface area contributed by atoms with Gasteiger partial charge in [-0.3, -0.25) is 39.0 Å². The van der Waals surface area contributed by atoms with E-state index < -0.39 is 64.7 Å². The monoisotopic (exact) mass is 962 g/mol. The Bertz CT molecular complexity index is 2260. The summed E-state index contributed by atoms with van der Waals surface area (Å²) < 4.78 is 82.4. The van der Waals surface area contributed by atoms with E-state index in [0.29, 0.717) is 75.4 Å². The largest absolute Gasteiger partial charge is 0.416 e. The van der Waals surface area contributed by atoms with E-state index in [4.69, 9.17) is 0 Å². The van der Waals surface area contributed by atoms with Crippen molar-refractivity contribution in [3.63, 3.8) is 0 Å². The average Bonchev–Trinajstić information content (AvgIpc) is 3.74. The normalized spacial score (nSPS) is 29.1. The number of fused-ring (bicyclic) bond motifs is 5. The minimum atomic E-state index is -4.91. The molecule has 2 N–H and O–H groups in total. The molecule has 0 bridgehead atoms. The fourth-order valence-corrected chi connectivity index (χ4v) is 12.9. The van der Waals surface area contributed by atoms with Gasteiger partial charge in [0.2, 0.25) is 23.6 Å². The van der Waals surface area contributed by atoms with Crippen molar-refractivity contribution in [2.24, 2.45) is 34.5 Å². The number of alkyl halides is 6. The van der Waals surface area contributed by atoms with Crippen molar-refractivity contribution in [1.29, 1.82) is 0 Å². The number of anilines is 1. The summed E-state index contributed by atoms with van der Waals surface area (Å²) in [5, 5.41) is 5.81. The van der Waals surface area contributed by atoms with Gasteiger partial charge in [0.1, 0.15) is 5.78 Å². The van der Waals surface area contributed by atoms with Gasteiger partial charge in [-0.2, -0.15) is 39.0 Å². The molecule has 5 aliphatic rings. The standard InChI is InChI=1S/C48H57F6N4O6PS/c1-45-19-17-34-31(33(45)14-15-35(45)38(59)23-28-22-29(47(49,50)51)9-13-32(28)48(52,53)54)12-16-39-46(34,2)20-18-41(61)58(39)25-27-7-10-30(11-8-27)55-40(60)6-4-3-5-21-57-42(62)24-36(43(57)63)56-37(26-66)44(64)65/h7-11,13,18,20,22,31,33-37,39,56,66H,3-6,12,14-17,19,21,23-26,65H2,1-2H3,(H,55,60)/t31-,33-,34-,35+,36?,37-,39+,45-,46+/m0/s1. The first-order valence-electron chi connectivity index (χ1n) is 22.7. The van der Waals surface area contributed by atoms with Gasteiger partial charge in [-0.25, -0.2) is 0 Å². The topological polar surface area (TPSA) is 133 Å². The lowest BCUT2D eigenvalue weighted by Crippen LogP contribution is -2.60. The Kier molecular flexibility index (Phi) is 14.7. The molecule has 4 amide bonds. The SMILES string of the molecule is C[C@]12C=CC(=O)N(Cc3ccc(NC(=O)CCCCCN4C(=O)CC(N[C@@H](CS)C(=O)P)C4=O)cc3)[C@@H]1CC[C@@H]1[C@@H]2CC[C@]2(C)[C@@H](C(=O)Cc3cc(C(F)(F)F)ccc3C(F)(F)F)CC[C@@H]12. The van der Waals surface area contributed by atoms with Gasteiger partial charge in [0.05, 0.1) is 29.6 Å². The molecule has 4 fully saturated rings. The Hall–Kier alpha value is -4.08. The Balaban J connectivity index is 0.910. The predicted octanol–water partition coefficient (Wildman–Crippen LogP) is 8.58. The van der Waals surface area contributed by atoms with Gasteiger partial charge >= 0.3 is 12.4 Å². The second-order valence-corrected chi connectivity index (χ2v) is 20.3. The van der Waals surface area contributed by atoms with E-state index in [1.54, 1.807) is 18.2 Å². The molecule has 2 unspecified atom stereocenters. The second-order valence-electron chi connectivity index (χ2n) is 19.3. The first kappa shape index (κ1) is 49.8. The zero-order valence-corrected chi connectivity index (χ0v) is 39.0. The number of unbranched alkanes of at least 4 members (excludes halogenated alkanes) is 2. The number of hydrogen-bond donors (Lipinski definition) is 3. The van der Waals surface area contributed by atoms with Crippen LogP contribution in [0.5, 0.6) is 0 Å². The fourth-order valence-electron chi connectivity index (χ4n) is 12.2. The summed E-state index contributed by atoms with van der Waals surface area (Å²) in [5.74, 6) is -1.32. The zero-order valence-electron chi connectivity index (χ0n) is 37.0. The van der Waals surface area contributed by atoms with E-state index in [9.17, 15) is 55.1 Å². The number of ketones is 1. The van der Waals surface area contributed by atoms with Crippen LogP contribution in [0, 0.1) is 34.5 Å². The molecule has 2 aromatic rings. The molecule has 2 heterocycles. The maximum atomic E-state index is 13.9. The predicted molar refractivity (Wildman–Crippen MR) is 241 cm³/mol. The van der Waals surface area contributed by atoms with E-state index in [2.05, 4.69) is 39.4 Å². The molecular weight excluding hydrogens is 906 g/mol. The van der Waals surface area contributed by atoms with E-state index in [1.807, 2.05) is 30.0 Å². The molecule has 66 heavy (non-hydrogen) atoms. The van der Waals surface area contributed by atoms with E-state index >= 15 is 0 Å². The number of rotatable bonds is 16. The van der Waals surface area contributed by atoms with Crippen molar-refractivity contribution >= 4 is 62.5 Å². The van der Waals surface area contributed by atoms with Crippen LogP contribution in [-0.4, -0.2) is 75.2 Å². The van der Waals surface area contributed by atoms with Gasteiger partial charge in [-0.1, -0.05) is 47.7 Å². The zero-order chi connectivity index (χ0) is 47.9. The van der Waals surface area contributed by atoms with Gasteiger partial charge in [-0.15, -0.1) is 0 Å². The third kappa shape index (κ3) is 10.2. The molecular formula is C48H57F6N4O6PS. The van der Waals surface area contributed by atoms with Crippen LogP contribution in [-0.2, 0) is 54.1 Å². The molecule has 3 aliphatic carbocycles. The van der Waals surface area contributed by atoms with E-state index in [1.165, 1.54) is 4.90 Å². The minimum absolute atomic E-state index is 0.0195. The lowest BCUT2D eigenvalue weighted by Gasteiger charge is -2.60. The molecule has 2 aromatic carbocycles. The number of Topliss-reactive ketones (excluding diaryl/α,β-unsaturated/α-hetero) is 1. The van der Waals surface area contributed by atoms with Crippen molar-refractivity contribution in [1.82, 2.24) is 15.1 Å². The summed E-state index contributed by atoms with van der Waals surface area (Å²) in [7, 11) is 2.06. The number of nitrogens with one attached hydrogen (secondary N) is 2. The van der Waals surface area contributed by atoms with Crippen LogP contribution in [0.3, 0.4) is 0 Å². The molecule has 0 radical (unpaired) electrons. The number of carbonyl (C=O) groups excluding carboxylic acids is 6. The van der Waals surface area contributed by atoms with E-state index in [-0.39, 0.29) is 83.5 Å². The molecule has 358 valence electrons. The Morgan fingerprint density at radius 3 is 2.29 bits per heavy atom. The first-order valence-corrected chi connectivity index (χ1v) is 23.9. The highest BCUT2D eigenvalue weighted by molar-refractivity contribution is 7.80. The van der Waals surface area contributed by atoms with Crippen LogP contribution in [0.15, 0.2) is 54.6 Å². The summed E-state index contributed by atoms with van der Waals surface area (Å²) in [5.41, 5.74) is -2.74. The third-order valence-corrected chi connectivity index (χ3v) is 16.3. The molecule has 10 atom stereocenters. The molecule has 7 rings (SSSR count). The highest BCUT2D eigenvalue weighted by Gasteiger charge is 2.61. The van der Waals surface area contributed by atoms with Crippen molar-refractivity contribution < 1.29 is 55.1 Å². The number of imide groups is 1. The second kappa shape index (κ2) is 19.5. The van der Waals surface area contributed by atoms with Crippen LogP contribution < -0.4 is 10.6 Å². The number of halogens is 6. The lowest BCUT2D eigenvalue weighted by atomic mass is 9.47. The Labute approximate surface area is 388 Å². The number of likely N-dealkylation sites (tertiary alicyclic amines) is 1. The molecule has 0 aromatic heterocycles. The summed E-state index contributed by atoms with van der Waals surface area (Å²) in [6, 6.07) is 7.13. The average molecular weight is 963 g/mol. The number of amides is 4. The van der Waals surface area contributed by atoms with Crippen LogP contribution in [0.4, 0.5) is 32.0 Å². The van der Waals surface area contributed by atoms with Gasteiger partial charge in [0.25, 0.3) is 0 Å². The summed E-state index contributed by atoms with van der Waals surface area (Å²) >= 11 is 4.13. The number of hydrogen-bond acceptors (Lipinski definition) is 8. The summed E-state index contributed by atoms with van der Waals surface area (Å²) in [6.45, 7) is 4.80. The maximum Gasteiger partial charge on any atom is 0.416 e. The van der Waals surface area contributed by atoms with Gasteiger partial charge < -0.3 is 10.2 Å². The van der Waals surface area contributed by atoms with Crippen molar-refractivity contribution in [3.8, 4) is 0 Å². The van der Waals surface area contributed by atoms with Crippen molar-refractivity contribution in [2.45, 2.75) is 128 Å². The van der Waals surface area contributed by atoms with Gasteiger partial charge in [0, 0.05) is 54.7 Å². The van der Waals surface area contributed by atoms with Crippen molar-refractivity contribution in [3.05, 3.63) is 76.9 Å². The number of carbonyl (C=O) groups is 6. The Morgan fingerprint density at radius 1 is 0.894 bits per heavy atom. The molecule has 10 nitrogen and oxygen atoms in total. The molecule has 3 saturated carbocycles. The van der Waals surface area contributed by atoms with Gasteiger partial charge in [-0.05, 0) is 122 Å². The molecule has 2 aliphatic heterocycles. The quantitative estimate of drug-likeness (QED) is 0.0505. The molecule has 0 spiro atoms. The molecule has 1 saturated heterocycles. The van der Waals surface area contributed by atoms with Crippen molar-refractivity contribution in [2.75, 3.05) is 17.6 Å². The summed E-state index contributed by atoms with van der Waals surface area (Å²) in [4.78, 5) is 80.3. The highest BCUT2D eigenvalue weighted by atomic mass is 32.1. The third-order valence-electron chi connectivity index (χ3n) is 15.5. The number of thiol groups is 1. The smallest absolute Gasteiger partial charge is 0.331 e. The van der Waals surface area contributed by atoms with Crippen LogP contribution in [0.1, 0.15) is 107 Å². The number of benzene rings is 2. The first-order chi connectivity index (χ1) is 31.0. The number of nitrogens with zero attached hydrogens (tertiary/aromatic N) is 2. The lowest BCUT2D eigenvalue weighted by molar-refractivity contribution is -0.145. The minimum Gasteiger partial charge on any atom is -0.331 e. The van der Waals surface area contributed by atoms with Gasteiger partial charge in [0.15, 0.2) is 5.52 Å². The summed E-state index contributed by atoms with van der Waals surface area (Å²) in [6.07, 6.45) is -0.838. The fraction of sp³-hybridized carbons (Fsp3) is 0.583. The van der Waals surface area contributed by atoms with Crippen LogP contribution >= 0.6 is 21.9 Å². The molecule has 18 heteroatoms. The van der Waals surface area contributed by atoms with Crippen LogP contribution in [0.25, 0.3) is 0 Å². The van der Waals surface area contributed by atoms with E-state index in [0.717, 1.165) is 18.4 Å².